The Hall–Kier alpha value is -2.36. The number of hydrogen-bond acceptors (Lipinski definition) is 2. The van der Waals surface area contributed by atoms with Gasteiger partial charge in [0, 0.05) is 0 Å². The summed E-state index contributed by atoms with van der Waals surface area (Å²) in [5.74, 6) is -0.00520. The Kier molecular flexibility index (Phi) is 4.35. The van der Waals surface area contributed by atoms with Gasteiger partial charge in [-0.05, 0) is 42.3 Å². The fraction of sp³-hybridized carbons (Fsp3) is 0.188. The number of methoxy groups -OCH3 is 1. The van der Waals surface area contributed by atoms with Crippen molar-refractivity contribution in [2.24, 2.45) is 0 Å². The normalized spacial score (nSPS) is 10.2. The molecule has 0 unspecified atom stereocenters. The molecular formula is C16H16FNO2. The summed E-state index contributed by atoms with van der Waals surface area (Å²) in [7, 11) is 1.57. The largest absolute Gasteiger partial charge is 0.497 e. The summed E-state index contributed by atoms with van der Waals surface area (Å²) in [5.41, 5.74) is 1.91. The monoisotopic (exact) mass is 273 g/mol. The molecule has 0 bridgehead atoms. The van der Waals surface area contributed by atoms with E-state index in [4.69, 9.17) is 4.74 Å². The van der Waals surface area contributed by atoms with Gasteiger partial charge in [0.2, 0.25) is 5.91 Å². The number of nitrogens with one attached hydrogen (secondary N) is 1. The number of halogens is 1. The standard InChI is InChI=1S/C16H16FNO2/c1-11-6-7-14(17)15(8-11)18-16(19)10-12-4-3-5-13(9-12)20-2/h3-9H,10H2,1-2H3,(H,18,19). The summed E-state index contributed by atoms with van der Waals surface area (Å²) >= 11 is 0. The van der Waals surface area contributed by atoms with E-state index in [-0.39, 0.29) is 18.0 Å². The van der Waals surface area contributed by atoms with E-state index >= 15 is 0 Å². The Morgan fingerprint density at radius 1 is 1.25 bits per heavy atom. The number of rotatable bonds is 4. The third kappa shape index (κ3) is 3.57. The lowest BCUT2D eigenvalue weighted by atomic mass is 10.1. The van der Waals surface area contributed by atoms with Gasteiger partial charge in [-0.2, -0.15) is 0 Å². The van der Waals surface area contributed by atoms with Crippen LogP contribution in [0.3, 0.4) is 0 Å². The Bertz CT molecular complexity index is 626. The molecule has 2 aromatic rings. The van der Waals surface area contributed by atoms with Crippen molar-refractivity contribution in [2.45, 2.75) is 13.3 Å². The SMILES string of the molecule is COc1cccc(CC(=O)Nc2cc(C)ccc2F)c1. The predicted molar refractivity (Wildman–Crippen MR) is 76.5 cm³/mol. The zero-order valence-corrected chi connectivity index (χ0v) is 11.4. The summed E-state index contributed by atoms with van der Waals surface area (Å²) in [6.07, 6.45) is 0.171. The molecule has 0 saturated heterocycles. The average Bonchev–Trinajstić information content (AvgIpc) is 2.43. The molecule has 0 saturated carbocycles. The molecule has 4 heteroatoms. The molecule has 0 fully saturated rings. The van der Waals surface area contributed by atoms with Crippen LogP contribution >= 0.6 is 0 Å². The minimum absolute atomic E-state index is 0.171. The molecule has 0 heterocycles. The second kappa shape index (κ2) is 6.19. The molecule has 0 aliphatic rings. The minimum atomic E-state index is -0.436. The molecular weight excluding hydrogens is 257 g/mol. The van der Waals surface area contributed by atoms with Crippen LogP contribution in [0.15, 0.2) is 42.5 Å². The summed E-state index contributed by atoms with van der Waals surface area (Å²) in [4.78, 5) is 11.9. The second-order valence-electron chi connectivity index (χ2n) is 4.56. The van der Waals surface area contributed by atoms with E-state index in [2.05, 4.69) is 5.32 Å². The van der Waals surface area contributed by atoms with Crippen molar-refractivity contribution >= 4 is 11.6 Å². The molecule has 0 aliphatic heterocycles. The van der Waals surface area contributed by atoms with E-state index in [1.807, 2.05) is 25.1 Å². The van der Waals surface area contributed by atoms with Crippen molar-refractivity contribution in [2.75, 3.05) is 12.4 Å². The molecule has 0 aromatic heterocycles. The Morgan fingerprint density at radius 2 is 2.05 bits per heavy atom. The Labute approximate surface area is 117 Å². The van der Waals surface area contributed by atoms with Gasteiger partial charge in [-0.3, -0.25) is 4.79 Å². The lowest BCUT2D eigenvalue weighted by Crippen LogP contribution is -2.15. The molecule has 2 rings (SSSR count). The van der Waals surface area contributed by atoms with Crippen LogP contribution < -0.4 is 10.1 Å². The highest BCUT2D eigenvalue weighted by Gasteiger charge is 2.08. The number of carbonyl (C=O) groups excluding carboxylic acids is 1. The highest BCUT2D eigenvalue weighted by Crippen LogP contribution is 2.17. The first kappa shape index (κ1) is 14.1. The van der Waals surface area contributed by atoms with Crippen LogP contribution in [-0.4, -0.2) is 13.0 Å². The van der Waals surface area contributed by atoms with Gasteiger partial charge in [-0.1, -0.05) is 18.2 Å². The Morgan fingerprint density at radius 3 is 2.80 bits per heavy atom. The quantitative estimate of drug-likeness (QED) is 0.928. The zero-order chi connectivity index (χ0) is 14.5. The molecule has 0 atom stereocenters. The van der Waals surface area contributed by atoms with Gasteiger partial charge in [0.15, 0.2) is 0 Å². The first-order valence-corrected chi connectivity index (χ1v) is 6.27. The zero-order valence-electron chi connectivity index (χ0n) is 11.4. The van der Waals surface area contributed by atoms with Gasteiger partial charge < -0.3 is 10.1 Å². The first-order valence-electron chi connectivity index (χ1n) is 6.27. The molecule has 3 nitrogen and oxygen atoms in total. The van der Waals surface area contributed by atoms with Crippen LogP contribution in [-0.2, 0) is 11.2 Å². The fourth-order valence-corrected chi connectivity index (χ4v) is 1.90. The third-order valence-electron chi connectivity index (χ3n) is 2.89. The highest BCUT2D eigenvalue weighted by molar-refractivity contribution is 5.92. The van der Waals surface area contributed by atoms with Crippen molar-refractivity contribution in [3.63, 3.8) is 0 Å². The average molecular weight is 273 g/mol. The summed E-state index contributed by atoms with van der Waals surface area (Å²) in [5, 5.41) is 2.58. The Balaban J connectivity index is 2.07. The molecule has 1 N–H and O–H groups in total. The van der Waals surface area contributed by atoms with Crippen LogP contribution in [0.4, 0.5) is 10.1 Å². The number of hydrogen-bond donors (Lipinski definition) is 1. The maximum absolute atomic E-state index is 13.6. The first-order chi connectivity index (χ1) is 9.58. The van der Waals surface area contributed by atoms with Gasteiger partial charge in [0.25, 0.3) is 0 Å². The van der Waals surface area contributed by atoms with Crippen LogP contribution in [0.5, 0.6) is 5.75 Å². The number of carbonyl (C=O) groups is 1. The fourth-order valence-electron chi connectivity index (χ4n) is 1.90. The maximum Gasteiger partial charge on any atom is 0.228 e. The van der Waals surface area contributed by atoms with Crippen LogP contribution in [0.2, 0.25) is 0 Å². The van der Waals surface area contributed by atoms with Crippen molar-refractivity contribution in [1.82, 2.24) is 0 Å². The molecule has 0 spiro atoms. The molecule has 1 amide bonds. The highest BCUT2D eigenvalue weighted by atomic mass is 19.1. The molecule has 104 valence electrons. The molecule has 0 radical (unpaired) electrons. The van der Waals surface area contributed by atoms with E-state index in [1.165, 1.54) is 6.07 Å². The van der Waals surface area contributed by atoms with E-state index in [9.17, 15) is 9.18 Å². The third-order valence-corrected chi connectivity index (χ3v) is 2.89. The minimum Gasteiger partial charge on any atom is -0.497 e. The van der Waals surface area contributed by atoms with Gasteiger partial charge in [0.1, 0.15) is 11.6 Å². The number of aryl methyl sites for hydroxylation is 1. The van der Waals surface area contributed by atoms with Crippen LogP contribution in [0.1, 0.15) is 11.1 Å². The summed E-state index contributed by atoms with van der Waals surface area (Å²) < 4.78 is 18.7. The maximum atomic E-state index is 13.6. The number of amides is 1. The van der Waals surface area contributed by atoms with Crippen molar-refractivity contribution in [3.8, 4) is 5.75 Å². The molecule has 0 aliphatic carbocycles. The van der Waals surface area contributed by atoms with Crippen molar-refractivity contribution in [3.05, 3.63) is 59.4 Å². The van der Waals surface area contributed by atoms with Gasteiger partial charge in [-0.25, -0.2) is 4.39 Å². The van der Waals surface area contributed by atoms with E-state index in [1.54, 1.807) is 25.3 Å². The smallest absolute Gasteiger partial charge is 0.228 e. The van der Waals surface area contributed by atoms with E-state index in [0.29, 0.717) is 5.75 Å². The summed E-state index contributed by atoms with van der Waals surface area (Å²) in [6.45, 7) is 1.84. The number of benzene rings is 2. The van der Waals surface area contributed by atoms with Crippen LogP contribution in [0.25, 0.3) is 0 Å². The summed E-state index contributed by atoms with van der Waals surface area (Å²) in [6, 6.07) is 11.8. The van der Waals surface area contributed by atoms with Crippen molar-refractivity contribution < 1.29 is 13.9 Å². The van der Waals surface area contributed by atoms with Gasteiger partial charge >= 0.3 is 0 Å². The van der Waals surface area contributed by atoms with Gasteiger partial charge in [0.05, 0.1) is 19.2 Å². The predicted octanol–water partition coefficient (Wildman–Crippen LogP) is 3.32. The van der Waals surface area contributed by atoms with E-state index in [0.717, 1.165) is 11.1 Å². The number of ether oxygens (including phenoxy) is 1. The van der Waals surface area contributed by atoms with Crippen molar-refractivity contribution in [1.29, 1.82) is 0 Å². The van der Waals surface area contributed by atoms with Gasteiger partial charge in [-0.15, -0.1) is 0 Å². The molecule has 20 heavy (non-hydrogen) atoms. The second-order valence-corrected chi connectivity index (χ2v) is 4.56. The molecule has 2 aromatic carbocycles. The lowest BCUT2D eigenvalue weighted by Gasteiger charge is -2.08. The van der Waals surface area contributed by atoms with Crippen LogP contribution in [0, 0.1) is 12.7 Å². The van der Waals surface area contributed by atoms with E-state index < -0.39 is 5.82 Å². The topological polar surface area (TPSA) is 38.3 Å². The number of anilines is 1. The lowest BCUT2D eigenvalue weighted by molar-refractivity contribution is -0.115.